The van der Waals surface area contributed by atoms with Crippen molar-refractivity contribution in [3.8, 4) is 0 Å². The van der Waals surface area contributed by atoms with Crippen LogP contribution >= 0.6 is 15.9 Å². The number of hydrogen-bond donors (Lipinski definition) is 1. The van der Waals surface area contributed by atoms with Crippen LogP contribution in [0.5, 0.6) is 0 Å². The number of rotatable bonds is 7. The summed E-state index contributed by atoms with van der Waals surface area (Å²) in [6.07, 6.45) is 5.20. The number of halogens is 1. The van der Waals surface area contributed by atoms with Crippen molar-refractivity contribution in [1.82, 2.24) is 5.32 Å². The molecule has 0 aromatic heterocycles. The van der Waals surface area contributed by atoms with E-state index in [2.05, 4.69) is 46.4 Å². The maximum Gasteiger partial charge on any atom is 0.0963 e. The molecule has 0 radical (unpaired) electrons. The molecule has 3 nitrogen and oxygen atoms in total. The summed E-state index contributed by atoms with van der Waals surface area (Å²) in [6, 6.07) is 8.33. The number of ether oxygens (including phenoxy) is 2. The maximum atomic E-state index is 6.42. The first-order valence-corrected chi connectivity index (χ1v) is 8.67. The topological polar surface area (TPSA) is 30.5 Å². The van der Waals surface area contributed by atoms with Crippen molar-refractivity contribution in [3.05, 3.63) is 34.3 Å². The first kappa shape index (κ1) is 16.9. The predicted molar refractivity (Wildman–Crippen MR) is 89.6 cm³/mol. The van der Waals surface area contributed by atoms with E-state index in [1.807, 2.05) is 6.07 Å². The van der Waals surface area contributed by atoms with Crippen LogP contribution in [0.15, 0.2) is 28.7 Å². The third-order valence-corrected chi connectivity index (χ3v) is 4.82. The zero-order valence-corrected chi connectivity index (χ0v) is 14.6. The van der Waals surface area contributed by atoms with Gasteiger partial charge in [-0.2, -0.15) is 0 Å². The molecule has 1 aromatic rings. The molecule has 0 aliphatic heterocycles. The highest BCUT2D eigenvalue weighted by Gasteiger charge is 2.26. The first-order valence-electron chi connectivity index (χ1n) is 7.88. The molecule has 1 aromatic carbocycles. The van der Waals surface area contributed by atoms with Gasteiger partial charge < -0.3 is 14.8 Å². The molecule has 0 saturated heterocycles. The third kappa shape index (κ3) is 5.06. The number of nitrogens with one attached hydrogen (secondary N) is 1. The Kier molecular flexibility index (Phi) is 7.17. The summed E-state index contributed by atoms with van der Waals surface area (Å²) >= 11 is 3.65. The van der Waals surface area contributed by atoms with Gasteiger partial charge in [-0.15, -0.1) is 0 Å². The second kappa shape index (κ2) is 8.89. The van der Waals surface area contributed by atoms with E-state index < -0.39 is 0 Å². The molecule has 1 N–H and O–H groups in total. The van der Waals surface area contributed by atoms with Gasteiger partial charge in [0, 0.05) is 18.1 Å². The van der Waals surface area contributed by atoms with Gasteiger partial charge in [-0.25, -0.2) is 0 Å². The predicted octanol–water partition coefficient (Wildman–Crippen LogP) is 4.07. The van der Waals surface area contributed by atoms with Gasteiger partial charge in [0.05, 0.1) is 18.3 Å². The Morgan fingerprint density at radius 1 is 1.29 bits per heavy atom. The lowest BCUT2D eigenvalue weighted by Crippen LogP contribution is -2.32. The minimum atomic E-state index is 0.0844. The molecule has 4 heteroatoms. The van der Waals surface area contributed by atoms with E-state index in [1.54, 1.807) is 7.11 Å². The Labute approximate surface area is 136 Å². The van der Waals surface area contributed by atoms with Crippen LogP contribution < -0.4 is 5.32 Å². The van der Waals surface area contributed by atoms with Crippen LogP contribution in [-0.2, 0) is 9.47 Å². The van der Waals surface area contributed by atoms with Gasteiger partial charge in [-0.05, 0) is 43.9 Å². The van der Waals surface area contributed by atoms with Gasteiger partial charge >= 0.3 is 0 Å². The number of methoxy groups -OCH3 is 1. The Bertz CT molecular complexity index is 427. The number of benzene rings is 1. The van der Waals surface area contributed by atoms with Crippen molar-refractivity contribution in [2.24, 2.45) is 0 Å². The molecule has 2 rings (SSSR count). The lowest BCUT2D eigenvalue weighted by Gasteiger charge is -2.32. The van der Waals surface area contributed by atoms with Gasteiger partial charge in [0.25, 0.3) is 0 Å². The molecule has 1 aliphatic carbocycles. The summed E-state index contributed by atoms with van der Waals surface area (Å²) in [5.41, 5.74) is 1.22. The van der Waals surface area contributed by atoms with E-state index in [0.29, 0.717) is 12.2 Å². The second-order valence-corrected chi connectivity index (χ2v) is 6.45. The van der Waals surface area contributed by atoms with Crippen LogP contribution in [0.1, 0.15) is 44.3 Å². The van der Waals surface area contributed by atoms with E-state index in [1.165, 1.54) is 12.0 Å². The minimum absolute atomic E-state index is 0.0844. The molecule has 1 saturated carbocycles. The lowest BCUT2D eigenvalue weighted by molar-refractivity contribution is -0.0657. The summed E-state index contributed by atoms with van der Waals surface area (Å²) in [7, 11) is 1.80. The monoisotopic (exact) mass is 355 g/mol. The summed E-state index contributed by atoms with van der Waals surface area (Å²) < 4.78 is 13.0. The molecule has 1 aliphatic rings. The molecule has 0 amide bonds. The van der Waals surface area contributed by atoms with Crippen molar-refractivity contribution in [2.45, 2.75) is 50.9 Å². The maximum absolute atomic E-state index is 6.42. The largest absolute Gasteiger partial charge is 0.381 e. The molecule has 0 spiro atoms. The van der Waals surface area contributed by atoms with Crippen LogP contribution in [-0.4, -0.2) is 32.4 Å². The normalized spacial score (nSPS) is 24.0. The molecule has 0 bridgehead atoms. The molecule has 21 heavy (non-hydrogen) atoms. The van der Waals surface area contributed by atoms with Crippen molar-refractivity contribution >= 4 is 15.9 Å². The summed E-state index contributed by atoms with van der Waals surface area (Å²) in [4.78, 5) is 0. The molecule has 118 valence electrons. The summed E-state index contributed by atoms with van der Waals surface area (Å²) in [6.45, 7) is 3.92. The van der Waals surface area contributed by atoms with Crippen molar-refractivity contribution in [1.29, 1.82) is 0 Å². The summed E-state index contributed by atoms with van der Waals surface area (Å²) in [5, 5.41) is 3.41. The van der Waals surface area contributed by atoms with E-state index in [9.17, 15) is 0 Å². The molecule has 0 heterocycles. The highest BCUT2D eigenvalue weighted by atomic mass is 79.9. The Balaban J connectivity index is 2.04. The molecule has 3 unspecified atom stereocenters. The average molecular weight is 356 g/mol. The van der Waals surface area contributed by atoms with E-state index in [-0.39, 0.29) is 6.10 Å². The van der Waals surface area contributed by atoms with Crippen molar-refractivity contribution in [3.63, 3.8) is 0 Å². The Morgan fingerprint density at radius 3 is 2.76 bits per heavy atom. The fourth-order valence-corrected chi connectivity index (χ4v) is 3.46. The van der Waals surface area contributed by atoms with Crippen molar-refractivity contribution < 1.29 is 9.47 Å². The molecular formula is C17H26BrNO2. The van der Waals surface area contributed by atoms with Gasteiger partial charge in [0.15, 0.2) is 0 Å². The van der Waals surface area contributed by atoms with E-state index >= 15 is 0 Å². The van der Waals surface area contributed by atoms with Crippen LogP contribution in [0.25, 0.3) is 0 Å². The van der Waals surface area contributed by atoms with Crippen LogP contribution in [0.2, 0.25) is 0 Å². The number of hydrogen-bond acceptors (Lipinski definition) is 3. The fourth-order valence-electron chi connectivity index (χ4n) is 2.92. The Hall–Kier alpha value is -0.420. The average Bonchev–Trinajstić information content (AvgIpc) is 2.52. The van der Waals surface area contributed by atoms with Gasteiger partial charge in [-0.1, -0.05) is 41.1 Å². The van der Waals surface area contributed by atoms with Gasteiger partial charge in [-0.3, -0.25) is 0 Å². The van der Waals surface area contributed by atoms with E-state index in [4.69, 9.17) is 9.47 Å². The highest BCUT2D eigenvalue weighted by molar-refractivity contribution is 9.10. The molecular weight excluding hydrogens is 330 g/mol. The molecule has 1 fully saturated rings. The molecule has 3 atom stereocenters. The van der Waals surface area contributed by atoms with Crippen molar-refractivity contribution in [2.75, 3.05) is 20.2 Å². The van der Waals surface area contributed by atoms with Crippen LogP contribution in [0.3, 0.4) is 0 Å². The quantitative estimate of drug-likeness (QED) is 0.799. The lowest BCUT2D eigenvalue weighted by atomic mass is 9.94. The standard InChI is InChI=1S/C17H26BrNO2/c1-3-19-12-17(15-9-4-5-10-16(15)18)21-14-8-6-7-13(11-14)20-2/h4-5,9-10,13-14,17,19H,3,6-8,11-12H2,1-2H3. The first-order chi connectivity index (χ1) is 10.2. The zero-order valence-electron chi connectivity index (χ0n) is 13.0. The summed E-state index contributed by atoms with van der Waals surface area (Å²) in [5.74, 6) is 0. The highest BCUT2D eigenvalue weighted by Crippen LogP contribution is 2.31. The minimum Gasteiger partial charge on any atom is -0.381 e. The smallest absolute Gasteiger partial charge is 0.0963 e. The zero-order chi connectivity index (χ0) is 15.1. The van der Waals surface area contributed by atoms with Gasteiger partial charge in [0.1, 0.15) is 0 Å². The van der Waals surface area contributed by atoms with Gasteiger partial charge in [0.2, 0.25) is 0 Å². The van der Waals surface area contributed by atoms with Crippen LogP contribution in [0, 0.1) is 0 Å². The van der Waals surface area contributed by atoms with E-state index in [0.717, 1.165) is 36.8 Å². The second-order valence-electron chi connectivity index (χ2n) is 5.60. The fraction of sp³-hybridized carbons (Fsp3) is 0.647. The SMILES string of the molecule is CCNCC(OC1CCCC(OC)C1)c1ccccc1Br. The third-order valence-electron chi connectivity index (χ3n) is 4.10. The van der Waals surface area contributed by atoms with Crippen LogP contribution in [0.4, 0.5) is 0 Å². The Morgan fingerprint density at radius 2 is 2.05 bits per heavy atom. The number of likely N-dealkylation sites (N-methyl/N-ethyl adjacent to an activating group) is 1.